The maximum Gasteiger partial charge on any atom is 0.0865 e. The maximum absolute atomic E-state index is 10.4. The second-order valence-corrected chi connectivity index (χ2v) is 8.41. The molecule has 0 saturated heterocycles. The number of benzene rings is 2. The van der Waals surface area contributed by atoms with Gasteiger partial charge in [0.1, 0.15) is 0 Å². The summed E-state index contributed by atoms with van der Waals surface area (Å²) >= 11 is 6.58. The Kier molecular flexibility index (Phi) is 7.54. The van der Waals surface area contributed by atoms with E-state index in [4.69, 9.17) is 11.6 Å². The Morgan fingerprint density at radius 3 is 2.39 bits per heavy atom. The molecule has 3 heteroatoms. The molecule has 0 N–H and O–H groups in total. The number of halogens is 1. The Morgan fingerprint density at radius 1 is 1.07 bits per heavy atom. The molecule has 0 amide bonds. The minimum atomic E-state index is -0.457. The zero-order valence-corrected chi connectivity index (χ0v) is 17.7. The lowest BCUT2D eigenvalue weighted by molar-refractivity contribution is 0.247. The molecule has 0 bridgehead atoms. The molecule has 0 radical (unpaired) electrons. The van der Waals surface area contributed by atoms with Gasteiger partial charge in [0.25, 0.3) is 0 Å². The van der Waals surface area contributed by atoms with Crippen LogP contribution in [0.2, 0.25) is 5.02 Å². The van der Waals surface area contributed by atoms with E-state index in [2.05, 4.69) is 54.3 Å². The molecule has 0 aliphatic heterocycles. The summed E-state index contributed by atoms with van der Waals surface area (Å²) < 4.78 is 0. The van der Waals surface area contributed by atoms with Crippen molar-refractivity contribution in [3.63, 3.8) is 0 Å². The Hall–Kier alpha value is -1.82. The molecule has 0 aromatic heterocycles. The SMILES string of the molecule is CCN(CCCC(C#N)(c1ccccc1Cl)C1CCCC1)Cc1ccccc1. The van der Waals surface area contributed by atoms with Crippen molar-refractivity contribution in [3.8, 4) is 6.07 Å². The Labute approximate surface area is 175 Å². The predicted molar refractivity (Wildman–Crippen MR) is 117 cm³/mol. The van der Waals surface area contributed by atoms with Crippen LogP contribution in [0.4, 0.5) is 0 Å². The van der Waals surface area contributed by atoms with E-state index in [0.29, 0.717) is 5.92 Å². The quantitative estimate of drug-likeness (QED) is 0.479. The summed E-state index contributed by atoms with van der Waals surface area (Å²) in [6.45, 7) is 5.20. The molecule has 2 aromatic carbocycles. The van der Waals surface area contributed by atoms with Crippen molar-refractivity contribution in [1.82, 2.24) is 4.90 Å². The number of nitriles is 1. The lowest BCUT2D eigenvalue weighted by Gasteiger charge is -2.35. The second kappa shape index (κ2) is 10.1. The van der Waals surface area contributed by atoms with Crippen molar-refractivity contribution >= 4 is 11.6 Å². The molecular formula is C25H31ClN2. The van der Waals surface area contributed by atoms with E-state index < -0.39 is 5.41 Å². The average molecular weight is 395 g/mol. The summed E-state index contributed by atoms with van der Waals surface area (Å²) in [6.07, 6.45) is 6.63. The topological polar surface area (TPSA) is 27.0 Å². The normalized spacial score (nSPS) is 16.8. The molecule has 1 fully saturated rings. The van der Waals surface area contributed by atoms with Crippen LogP contribution < -0.4 is 0 Å². The van der Waals surface area contributed by atoms with Crippen LogP contribution in [0.15, 0.2) is 54.6 Å². The van der Waals surface area contributed by atoms with Gasteiger partial charge in [-0.1, -0.05) is 79.9 Å². The van der Waals surface area contributed by atoms with E-state index in [1.165, 1.54) is 18.4 Å². The molecule has 1 unspecified atom stereocenters. The molecule has 28 heavy (non-hydrogen) atoms. The van der Waals surface area contributed by atoms with Crippen LogP contribution >= 0.6 is 11.6 Å². The third kappa shape index (κ3) is 4.77. The lowest BCUT2D eigenvalue weighted by Crippen LogP contribution is -2.34. The summed E-state index contributed by atoms with van der Waals surface area (Å²) in [6, 6.07) is 21.4. The summed E-state index contributed by atoms with van der Waals surface area (Å²) in [5.74, 6) is 0.418. The van der Waals surface area contributed by atoms with Gasteiger partial charge in [0.05, 0.1) is 11.5 Å². The van der Waals surface area contributed by atoms with Crippen LogP contribution in [-0.2, 0) is 12.0 Å². The van der Waals surface area contributed by atoms with Crippen molar-refractivity contribution in [2.24, 2.45) is 5.92 Å². The van der Waals surface area contributed by atoms with Crippen molar-refractivity contribution in [1.29, 1.82) is 5.26 Å². The summed E-state index contributed by atoms with van der Waals surface area (Å²) in [5.41, 5.74) is 1.93. The van der Waals surface area contributed by atoms with Gasteiger partial charge in [-0.2, -0.15) is 5.26 Å². The van der Waals surface area contributed by atoms with E-state index >= 15 is 0 Å². The summed E-state index contributed by atoms with van der Waals surface area (Å²) in [7, 11) is 0. The van der Waals surface area contributed by atoms with E-state index in [9.17, 15) is 5.26 Å². The van der Waals surface area contributed by atoms with E-state index in [-0.39, 0.29) is 0 Å². The first-order valence-corrected chi connectivity index (χ1v) is 11.0. The molecule has 2 aromatic rings. The van der Waals surface area contributed by atoms with Gasteiger partial charge in [-0.05, 0) is 61.9 Å². The molecule has 2 nitrogen and oxygen atoms in total. The highest BCUT2D eigenvalue weighted by atomic mass is 35.5. The smallest absolute Gasteiger partial charge is 0.0865 e. The number of nitrogens with zero attached hydrogens (tertiary/aromatic N) is 2. The van der Waals surface area contributed by atoms with E-state index in [1.54, 1.807) is 0 Å². The van der Waals surface area contributed by atoms with Gasteiger partial charge in [0.15, 0.2) is 0 Å². The highest BCUT2D eigenvalue weighted by Gasteiger charge is 2.42. The second-order valence-electron chi connectivity index (χ2n) is 8.00. The Balaban J connectivity index is 1.73. The van der Waals surface area contributed by atoms with Gasteiger partial charge in [0, 0.05) is 11.6 Å². The molecule has 1 saturated carbocycles. The minimum absolute atomic E-state index is 0.418. The summed E-state index contributed by atoms with van der Waals surface area (Å²) in [5, 5.41) is 11.1. The van der Waals surface area contributed by atoms with Gasteiger partial charge in [-0.3, -0.25) is 4.90 Å². The van der Waals surface area contributed by atoms with Crippen molar-refractivity contribution in [2.45, 2.75) is 57.4 Å². The number of hydrogen-bond acceptors (Lipinski definition) is 2. The Bertz CT molecular complexity index is 777. The van der Waals surface area contributed by atoms with E-state index in [0.717, 1.165) is 55.9 Å². The van der Waals surface area contributed by atoms with Crippen molar-refractivity contribution < 1.29 is 0 Å². The fourth-order valence-corrected chi connectivity index (χ4v) is 5.08. The van der Waals surface area contributed by atoms with Crippen LogP contribution in [0.3, 0.4) is 0 Å². The minimum Gasteiger partial charge on any atom is -0.299 e. The lowest BCUT2D eigenvalue weighted by atomic mass is 9.67. The molecule has 1 aliphatic rings. The van der Waals surface area contributed by atoms with Crippen molar-refractivity contribution in [2.75, 3.05) is 13.1 Å². The maximum atomic E-state index is 10.4. The largest absolute Gasteiger partial charge is 0.299 e. The molecule has 1 aliphatic carbocycles. The molecule has 0 spiro atoms. The van der Waals surface area contributed by atoms with Gasteiger partial charge in [0.2, 0.25) is 0 Å². The zero-order chi connectivity index (χ0) is 19.8. The van der Waals surface area contributed by atoms with Crippen LogP contribution in [0.25, 0.3) is 0 Å². The third-order valence-electron chi connectivity index (χ3n) is 6.35. The zero-order valence-electron chi connectivity index (χ0n) is 16.9. The molecule has 0 heterocycles. The standard InChI is InChI=1S/C25H31ClN2/c1-2-28(19-21-11-4-3-5-12-21)18-10-17-25(20-27,22-13-6-7-14-22)23-15-8-9-16-24(23)26/h3-5,8-9,11-12,15-16,22H,2,6-7,10,13-14,17-19H2,1H3. The molecule has 148 valence electrons. The first kappa shape index (κ1) is 20.9. The highest BCUT2D eigenvalue weighted by Crippen LogP contribution is 2.47. The average Bonchev–Trinajstić information content (AvgIpc) is 3.27. The monoisotopic (exact) mass is 394 g/mol. The number of hydrogen-bond donors (Lipinski definition) is 0. The Morgan fingerprint density at radius 2 is 1.75 bits per heavy atom. The first-order chi connectivity index (χ1) is 13.7. The predicted octanol–water partition coefficient (Wildman–Crippen LogP) is 6.59. The van der Waals surface area contributed by atoms with E-state index in [1.807, 2.05) is 18.2 Å². The van der Waals surface area contributed by atoms with Crippen LogP contribution in [0, 0.1) is 17.2 Å². The summed E-state index contributed by atoms with van der Waals surface area (Å²) in [4.78, 5) is 2.47. The van der Waals surface area contributed by atoms with Gasteiger partial charge in [-0.15, -0.1) is 0 Å². The molecule has 3 rings (SSSR count). The van der Waals surface area contributed by atoms with Crippen LogP contribution in [0.5, 0.6) is 0 Å². The van der Waals surface area contributed by atoms with Crippen molar-refractivity contribution in [3.05, 3.63) is 70.7 Å². The first-order valence-electron chi connectivity index (χ1n) is 10.6. The van der Waals surface area contributed by atoms with Crippen LogP contribution in [0.1, 0.15) is 56.6 Å². The van der Waals surface area contributed by atoms with Gasteiger partial charge < -0.3 is 0 Å². The third-order valence-corrected chi connectivity index (χ3v) is 6.68. The molecule has 1 atom stereocenters. The van der Waals surface area contributed by atoms with Gasteiger partial charge in [-0.25, -0.2) is 0 Å². The fourth-order valence-electron chi connectivity index (χ4n) is 4.78. The van der Waals surface area contributed by atoms with Gasteiger partial charge >= 0.3 is 0 Å². The molecular weight excluding hydrogens is 364 g/mol. The fraction of sp³-hybridized carbons (Fsp3) is 0.480. The number of rotatable bonds is 9. The van der Waals surface area contributed by atoms with Crippen LogP contribution in [-0.4, -0.2) is 18.0 Å². The highest BCUT2D eigenvalue weighted by molar-refractivity contribution is 6.31.